The van der Waals surface area contributed by atoms with E-state index < -0.39 is 11.9 Å². The summed E-state index contributed by atoms with van der Waals surface area (Å²) in [6, 6.07) is 5.48. The maximum atomic E-state index is 13.2. The first-order valence-corrected chi connectivity index (χ1v) is 5.46. The molecule has 0 heterocycles. The number of nitrogens with two attached hydrogens (primary N) is 1. The van der Waals surface area contributed by atoms with Crippen molar-refractivity contribution in [2.75, 3.05) is 5.32 Å². The monoisotopic (exact) mass is 224 g/mol. The summed E-state index contributed by atoms with van der Waals surface area (Å²) in [5.41, 5.74) is 5.85. The zero-order chi connectivity index (χ0) is 12.0. The molecule has 1 rings (SSSR count). The van der Waals surface area contributed by atoms with Gasteiger partial charge in [-0.1, -0.05) is 31.9 Å². The van der Waals surface area contributed by atoms with Crippen LogP contribution in [0, 0.1) is 5.82 Å². The third kappa shape index (κ3) is 3.62. The summed E-state index contributed by atoms with van der Waals surface area (Å²) in [4.78, 5) is 11.6. The number of nitrogens with one attached hydrogen (secondary N) is 1. The number of hydrogen-bond donors (Lipinski definition) is 2. The van der Waals surface area contributed by atoms with Crippen LogP contribution in [-0.2, 0) is 4.79 Å². The number of hydrogen-bond acceptors (Lipinski definition) is 2. The quantitative estimate of drug-likeness (QED) is 0.806. The molecule has 0 spiro atoms. The molecule has 88 valence electrons. The molecule has 1 aromatic rings. The summed E-state index contributed by atoms with van der Waals surface area (Å²) in [5, 5.41) is 2.48. The fraction of sp³-hybridized carbons (Fsp3) is 0.417. The van der Waals surface area contributed by atoms with Crippen molar-refractivity contribution in [3.05, 3.63) is 30.1 Å². The number of para-hydroxylation sites is 1. The van der Waals surface area contributed by atoms with Gasteiger partial charge < -0.3 is 11.1 Å². The molecule has 1 atom stereocenters. The third-order valence-corrected chi connectivity index (χ3v) is 2.34. The number of benzene rings is 1. The van der Waals surface area contributed by atoms with Crippen LogP contribution in [0.1, 0.15) is 26.2 Å². The number of halogens is 1. The molecule has 0 aliphatic heterocycles. The fourth-order valence-electron chi connectivity index (χ4n) is 1.34. The molecule has 0 aromatic heterocycles. The molecule has 0 fully saturated rings. The average Bonchev–Trinajstić information content (AvgIpc) is 2.28. The highest BCUT2D eigenvalue weighted by atomic mass is 19.1. The first-order chi connectivity index (χ1) is 7.65. The summed E-state index contributed by atoms with van der Waals surface area (Å²) < 4.78 is 13.2. The highest BCUT2D eigenvalue weighted by Crippen LogP contribution is 2.13. The van der Waals surface area contributed by atoms with Crippen molar-refractivity contribution >= 4 is 11.6 Å². The minimum absolute atomic E-state index is 0.180. The number of amides is 1. The molecule has 0 saturated heterocycles. The van der Waals surface area contributed by atoms with E-state index in [9.17, 15) is 9.18 Å². The average molecular weight is 224 g/mol. The lowest BCUT2D eigenvalue weighted by molar-refractivity contribution is -0.117. The smallest absolute Gasteiger partial charge is 0.241 e. The van der Waals surface area contributed by atoms with E-state index in [4.69, 9.17) is 5.73 Å². The Morgan fingerprint density at radius 3 is 2.81 bits per heavy atom. The van der Waals surface area contributed by atoms with Crippen LogP contribution in [0.25, 0.3) is 0 Å². The summed E-state index contributed by atoms with van der Waals surface area (Å²) in [6.45, 7) is 2.03. The molecule has 1 amide bonds. The van der Waals surface area contributed by atoms with Crippen molar-refractivity contribution in [3.63, 3.8) is 0 Å². The topological polar surface area (TPSA) is 55.1 Å². The van der Waals surface area contributed by atoms with E-state index in [1.54, 1.807) is 12.1 Å². The van der Waals surface area contributed by atoms with E-state index in [0.29, 0.717) is 6.42 Å². The van der Waals surface area contributed by atoms with Crippen LogP contribution >= 0.6 is 0 Å². The van der Waals surface area contributed by atoms with Crippen LogP contribution in [0.3, 0.4) is 0 Å². The number of rotatable bonds is 5. The number of anilines is 1. The zero-order valence-electron chi connectivity index (χ0n) is 9.37. The van der Waals surface area contributed by atoms with Gasteiger partial charge in [-0.3, -0.25) is 4.79 Å². The second-order valence-corrected chi connectivity index (χ2v) is 3.72. The Morgan fingerprint density at radius 1 is 1.50 bits per heavy atom. The van der Waals surface area contributed by atoms with E-state index in [0.717, 1.165) is 12.8 Å². The Labute approximate surface area is 94.8 Å². The highest BCUT2D eigenvalue weighted by molar-refractivity contribution is 5.94. The van der Waals surface area contributed by atoms with E-state index in [1.807, 2.05) is 6.92 Å². The molecule has 3 nitrogen and oxygen atoms in total. The summed E-state index contributed by atoms with van der Waals surface area (Å²) >= 11 is 0. The van der Waals surface area contributed by atoms with Gasteiger partial charge in [0.05, 0.1) is 11.7 Å². The largest absolute Gasteiger partial charge is 0.322 e. The molecule has 0 unspecified atom stereocenters. The number of unbranched alkanes of at least 4 members (excludes halogenated alkanes) is 1. The molecule has 0 bridgehead atoms. The van der Waals surface area contributed by atoms with Crippen molar-refractivity contribution in [2.24, 2.45) is 5.73 Å². The zero-order valence-corrected chi connectivity index (χ0v) is 9.37. The fourth-order valence-corrected chi connectivity index (χ4v) is 1.34. The summed E-state index contributed by atoms with van der Waals surface area (Å²) in [5.74, 6) is -0.780. The lowest BCUT2D eigenvalue weighted by Crippen LogP contribution is -2.35. The van der Waals surface area contributed by atoms with Crippen molar-refractivity contribution < 1.29 is 9.18 Å². The van der Waals surface area contributed by atoms with Gasteiger partial charge in [0.25, 0.3) is 0 Å². The Bertz CT molecular complexity index is 355. The summed E-state index contributed by atoms with van der Waals surface area (Å²) in [6.07, 6.45) is 2.50. The Hall–Kier alpha value is -1.42. The SMILES string of the molecule is CCCC[C@H](N)C(=O)Nc1ccccc1F. The molecule has 1 aromatic carbocycles. The Morgan fingerprint density at radius 2 is 2.19 bits per heavy atom. The van der Waals surface area contributed by atoms with Gasteiger partial charge in [-0.15, -0.1) is 0 Å². The van der Waals surface area contributed by atoms with Gasteiger partial charge in [-0.25, -0.2) is 4.39 Å². The van der Waals surface area contributed by atoms with Crippen molar-refractivity contribution in [2.45, 2.75) is 32.2 Å². The molecule has 0 radical (unpaired) electrons. The molecule has 0 aliphatic carbocycles. The second-order valence-electron chi connectivity index (χ2n) is 3.72. The number of carbonyl (C=O) groups is 1. The van der Waals surface area contributed by atoms with Crippen LogP contribution in [-0.4, -0.2) is 11.9 Å². The third-order valence-electron chi connectivity index (χ3n) is 2.34. The van der Waals surface area contributed by atoms with Crippen LogP contribution in [0.5, 0.6) is 0 Å². The van der Waals surface area contributed by atoms with Crippen LogP contribution in [0.15, 0.2) is 24.3 Å². The van der Waals surface area contributed by atoms with E-state index >= 15 is 0 Å². The molecular weight excluding hydrogens is 207 g/mol. The molecular formula is C12H17FN2O. The van der Waals surface area contributed by atoms with Gasteiger partial charge in [-0.05, 0) is 18.6 Å². The molecule has 16 heavy (non-hydrogen) atoms. The van der Waals surface area contributed by atoms with Gasteiger partial charge in [0.2, 0.25) is 5.91 Å². The van der Waals surface area contributed by atoms with E-state index in [2.05, 4.69) is 5.32 Å². The van der Waals surface area contributed by atoms with Crippen LogP contribution < -0.4 is 11.1 Å². The van der Waals surface area contributed by atoms with Gasteiger partial charge in [0.15, 0.2) is 0 Å². The van der Waals surface area contributed by atoms with Gasteiger partial charge in [0, 0.05) is 0 Å². The predicted molar refractivity (Wildman–Crippen MR) is 62.5 cm³/mol. The van der Waals surface area contributed by atoms with Crippen molar-refractivity contribution in [3.8, 4) is 0 Å². The highest BCUT2D eigenvalue weighted by Gasteiger charge is 2.14. The maximum absolute atomic E-state index is 13.2. The minimum atomic E-state index is -0.570. The maximum Gasteiger partial charge on any atom is 0.241 e. The predicted octanol–water partition coefficient (Wildman–Crippen LogP) is 2.28. The van der Waals surface area contributed by atoms with E-state index in [-0.39, 0.29) is 11.6 Å². The van der Waals surface area contributed by atoms with Crippen molar-refractivity contribution in [1.29, 1.82) is 0 Å². The number of carbonyl (C=O) groups excluding carboxylic acids is 1. The van der Waals surface area contributed by atoms with E-state index in [1.165, 1.54) is 12.1 Å². The Kier molecular flexibility index (Phi) is 4.92. The molecule has 4 heteroatoms. The standard InChI is InChI=1S/C12H17FN2O/c1-2-3-7-10(14)12(16)15-11-8-5-4-6-9(11)13/h4-6,8,10H,2-3,7,14H2,1H3,(H,15,16)/t10-/m0/s1. The minimum Gasteiger partial charge on any atom is -0.322 e. The molecule has 0 aliphatic rings. The van der Waals surface area contributed by atoms with Gasteiger partial charge in [0.1, 0.15) is 5.82 Å². The van der Waals surface area contributed by atoms with Gasteiger partial charge in [-0.2, -0.15) is 0 Å². The van der Waals surface area contributed by atoms with Crippen LogP contribution in [0.4, 0.5) is 10.1 Å². The first kappa shape index (κ1) is 12.6. The summed E-state index contributed by atoms with van der Waals surface area (Å²) in [7, 11) is 0. The van der Waals surface area contributed by atoms with Crippen molar-refractivity contribution in [1.82, 2.24) is 0 Å². The molecule has 0 saturated carbocycles. The van der Waals surface area contributed by atoms with Gasteiger partial charge >= 0.3 is 0 Å². The normalized spacial score (nSPS) is 12.2. The second kappa shape index (κ2) is 6.23. The Balaban J connectivity index is 2.54. The lowest BCUT2D eigenvalue weighted by Gasteiger charge is -2.11. The first-order valence-electron chi connectivity index (χ1n) is 5.46. The van der Waals surface area contributed by atoms with Crippen LogP contribution in [0.2, 0.25) is 0 Å². The molecule has 3 N–H and O–H groups in total. The lowest BCUT2D eigenvalue weighted by atomic mass is 10.1.